The van der Waals surface area contributed by atoms with Gasteiger partial charge in [0.05, 0.1) is 12.6 Å². The van der Waals surface area contributed by atoms with Crippen molar-refractivity contribution in [1.82, 2.24) is 14.8 Å². The molecule has 0 spiro atoms. The molecular weight excluding hydrogens is 238 g/mol. The summed E-state index contributed by atoms with van der Waals surface area (Å²) in [7, 11) is 0. The third-order valence-corrected chi connectivity index (χ3v) is 4.23. The molecule has 1 aliphatic rings. The standard InChI is InChI=1S/C15H25N3O/c1-5-11(2)16-10-15(19)18-9-8-17-12(3)6-7-14(17)13(18)4/h6-7,11,13,16H,5,8-10H2,1-4H3. The van der Waals surface area contributed by atoms with E-state index in [1.165, 1.54) is 11.4 Å². The molecule has 2 atom stereocenters. The third-order valence-electron chi connectivity index (χ3n) is 4.23. The lowest BCUT2D eigenvalue weighted by Crippen LogP contribution is -2.46. The Balaban J connectivity index is 2.01. The predicted molar refractivity (Wildman–Crippen MR) is 77.1 cm³/mol. The molecule has 1 amide bonds. The highest BCUT2D eigenvalue weighted by molar-refractivity contribution is 5.78. The molecule has 1 N–H and O–H groups in total. The molecule has 4 nitrogen and oxygen atoms in total. The van der Waals surface area contributed by atoms with E-state index in [-0.39, 0.29) is 11.9 Å². The lowest BCUT2D eigenvalue weighted by Gasteiger charge is -2.35. The zero-order chi connectivity index (χ0) is 14.0. The van der Waals surface area contributed by atoms with Gasteiger partial charge in [0.2, 0.25) is 5.91 Å². The van der Waals surface area contributed by atoms with Crippen molar-refractivity contribution in [1.29, 1.82) is 0 Å². The van der Waals surface area contributed by atoms with E-state index < -0.39 is 0 Å². The number of amides is 1. The summed E-state index contributed by atoms with van der Waals surface area (Å²) in [4.78, 5) is 14.3. The Kier molecular flexibility index (Phi) is 4.30. The summed E-state index contributed by atoms with van der Waals surface area (Å²) in [6, 6.07) is 4.85. The predicted octanol–water partition coefficient (Wildman–Crippen LogP) is 2.09. The topological polar surface area (TPSA) is 37.3 Å². The van der Waals surface area contributed by atoms with E-state index in [4.69, 9.17) is 0 Å². The van der Waals surface area contributed by atoms with Crippen molar-refractivity contribution in [2.24, 2.45) is 0 Å². The van der Waals surface area contributed by atoms with Crippen molar-refractivity contribution in [3.63, 3.8) is 0 Å². The summed E-state index contributed by atoms with van der Waals surface area (Å²) >= 11 is 0. The molecule has 0 saturated carbocycles. The van der Waals surface area contributed by atoms with E-state index in [2.05, 4.69) is 49.7 Å². The number of hydrogen-bond donors (Lipinski definition) is 1. The summed E-state index contributed by atoms with van der Waals surface area (Å²) < 4.78 is 2.32. The van der Waals surface area contributed by atoms with Gasteiger partial charge in [-0.2, -0.15) is 0 Å². The molecule has 1 aromatic heterocycles. The summed E-state index contributed by atoms with van der Waals surface area (Å²) in [5.74, 6) is 0.206. The Morgan fingerprint density at radius 2 is 2.21 bits per heavy atom. The molecule has 2 unspecified atom stereocenters. The molecule has 0 bridgehead atoms. The van der Waals surface area contributed by atoms with Gasteiger partial charge in [-0.25, -0.2) is 0 Å². The molecule has 2 rings (SSSR count). The summed E-state index contributed by atoms with van der Waals surface area (Å²) in [6.07, 6.45) is 1.05. The molecule has 1 aliphatic heterocycles. The highest BCUT2D eigenvalue weighted by Crippen LogP contribution is 2.26. The van der Waals surface area contributed by atoms with Crippen LogP contribution >= 0.6 is 0 Å². The fraction of sp³-hybridized carbons (Fsp3) is 0.667. The molecule has 2 heterocycles. The summed E-state index contributed by atoms with van der Waals surface area (Å²) in [5, 5.41) is 3.28. The fourth-order valence-electron chi connectivity index (χ4n) is 2.67. The van der Waals surface area contributed by atoms with Gasteiger partial charge in [-0.3, -0.25) is 4.79 Å². The van der Waals surface area contributed by atoms with Crippen LogP contribution in [0.15, 0.2) is 12.1 Å². The largest absolute Gasteiger partial charge is 0.345 e. The van der Waals surface area contributed by atoms with Gasteiger partial charge in [-0.1, -0.05) is 6.92 Å². The first-order valence-electron chi connectivity index (χ1n) is 7.23. The molecule has 0 saturated heterocycles. The Hall–Kier alpha value is -1.29. The average molecular weight is 263 g/mol. The molecule has 0 aliphatic carbocycles. The maximum absolute atomic E-state index is 12.3. The number of carbonyl (C=O) groups excluding carboxylic acids is 1. The van der Waals surface area contributed by atoms with E-state index in [0.717, 1.165) is 19.5 Å². The number of fused-ring (bicyclic) bond motifs is 1. The Bertz CT molecular complexity index is 452. The molecule has 0 radical (unpaired) electrons. The molecule has 0 fully saturated rings. The van der Waals surface area contributed by atoms with Gasteiger partial charge in [0.25, 0.3) is 0 Å². The number of aromatic nitrogens is 1. The molecule has 1 aromatic rings. The lowest BCUT2D eigenvalue weighted by molar-refractivity contribution is -0.133. The second kappa shape index (κ2) is 5.78. The van der Waals surface area contributed by atoms with Gasteiger partial charge >= 0.3 is 0 Å². The van der Waals surface area contributed by atoms with Crippen molar-refractivity contribution in [2.45, 2.75) is 52.7 Å². The van der Waals surface area contributed by atoms with E-state index in [1.807, 2.05) is 4.90 Å². The highest BCUT2D eigenvalue weighted by atomic mass is 16.2. The Morgan fingerprint density at radius 3 is 2.89 bits per heavy atom. The van der Waals surface area contributed by atoms with Crippen LogP contribution in [0.3, 0.4) is 0 Å². The maximum atomic E-state index is 12.3. The summed E-state index contributed by atoms with van der Waals surface area (Å²) in [5.41, 5.74) is 2.53. The first-order valence-corrected chi connectivity index (χ1v) is 7.23. The van der Waals surface area contributed by atoms with E-state index in [1.54, 1.807) is 0 Å². The van der Waals surface area contributed by atoms with Crippen molar-refractivity contribution in [3.8, 4) is 0 Å². The van der Waals surface area contributed by atoms with Crippen LogP contribution in [0, 0.1) is 6.92 Å². The molecule has 4 heteroatoms. The number of rotatable bonds is 4. The quantitative estimate of drug-likeness (QED) is 0.903. The van der Waals surface area contributed by atoms with Crippen LogP contribution in [0.25, 0.3) is 0 Å². The monoisotopic (exact) mass is 263 g/mol. The first-order chi connectivity index (χ1) is 9.04. The van der Waals surface area contributed by atoms with Gasteiger partial charge in [0.1, 0.15) is 0 Å². The van der Waals surface area contributed by atoms with Gasteiger partial charge in [0.15, 0.2) is 0 Å². The van der Waals surface area contributed by atoms with Crippen LogP contribution in [-0.4, -0.2) is 34.5 Å². The molecule has 106 valence electrons. The highest BCUT2D eigenvalue weighted by Gasteiger charge is 2.27. The number of hydrogen-bond acceptors (Lipinski definition) is 2. The van der Waals surface area contributed by atoms with Crippen LogP contribution in [0.4, 0.5) is 0 Å². The smallest absolute Gasteiger partial charge is 0.237 e. The van der Waals surface area contributed by atoms with Crippen LogP contribution in [0.5, 0.6) is 0 Å². The van der Waals surface area contributed by atoms with Crippen LogP contribution in [-0.2, 0) is 11.3 Å². The maximum Gasteiger partial charge on any atom is 0.237 e. The zero-order valence-corrected chi connectivity index (χ0v) is 12.4. The molecular formula is C15H25N3O. The van der Waals surface area contributed by atoms with Crippen molar-refractivity contribution < 1.29 is 4.79 Å². The third kappa shape index (κ3) is 2.84. The summed E-state index contributed by atoms with van der Waals surface area (Å²) in [6.45, 7) is 10.6. The van der Waals surface area contributed by atoms with E-state index in [9.17, 15) is 4.79 Å². The SMILES string of the molecule is CCC(C)NCC(=O)N1CCn2c(C)ccc2C1C. The number of carbonyl (C=O) groups is 1. The minimum atomic E-state index is 0.175. The second-order valence-corrected chi connectivity index (χ2v) is 5.50. The first kappa shape index (κ1) is 14.1. The fourth-order valence-corrected chi connectivity index (χ4v) is 2.67. The normalized spacial score (nSPS) is 20.2. The van der Waals surface area contributed by atoms with Gasteiger partial charge < -0.3 is 14.8 Å². The zero-order valence-electron chi connectivity index (χ0n) is 12.4. The van der Waals surface area contributed by atoms with Crippen molar-refractivity contribution in [2.75, 3.05) is 13.1 Å². The molecule has 19 heavy (non-hydrogen) atoms. The van der Waals surface area contributed by atoms with Gasteiger partial charge in [-0.15, -0.1) is 0 Å². The van der Waals surface area contributed by atoms with Crippen molar-refractivity contribution >= 4 is 5.91 Å². The number of nitrogens with zero attached hydrogens (tertiary/aromatic N) is 2. The second-order valence-electron chi connectivity index (χ2n) is 5.50. The minimum absolute atomic E-state index is 0.175. The average Bonchev–Trinajstić information content (AvgIpc) is 2.78. The van der Waals surface area contributed by atoms with Gasteiger partial charge in [0, 0.05) is 30.5 Å². The van der Waals surface area contributed by atoms with Crippen LogP contribution < -0.4 is 5.32 Å². The number of aryl methyl sites for hydroxylation is 1. The van der Waals surface area contributed by atoms with Crippen LogP contribution in [0.1, 0.15) is 44.6 Å². The Morgan fingerprint density at radius 1 is 1.47 bits per heavy atom. The lowest BCUT2D eigenvalue weighted by atomic mass is 10.1. The van der Waals surface area contributed by atoms with Crippen molar-refractivity contribution in [3.05, 3.63) is 23.5 Å². The Labute approximate surface area is 115 Å². The number of nitrogens with one attached hydrogen (secondary N) is 1. The van der Waals surface area contributed by atoms with Gasteiger partial charge in [-0.05, 0) is 39.3 Å². The molecule has 0 aromatic carbocycles. The minimum Gasteiger partial charge on any atom is -0.345 e. The van der Waals surface area contributed by atoms with Crippen LogP contribution in [0.2, 0.25) is 0 Å². The van der Waals surface area contributed by atoms with E-state index in [0.29, 0.717) is 12.6 Å². The van der Waals surface area contributed by atoms with E-state index >= 15 is 0 Å².